The number of aromatic carboxylic acids is 1. The quantitative estimate of drug-likeness (QED) is 0.808. The van der Waals surface area contributed by atoms with Crippen LogP contribution in [-0.4, -0.2) is 39.2 Å². The molecule has 0 unspecified atom stereocenters. The first-order valence-electron chi connectivity index (χ1n) is 7.75. The molecule has 2 aromatic carbocycles. The van der Waals surface area contributed by atoms with Crippen LogP contribution in [0.25, 0.3) is 6.08 Å². The molecule has 1 saturated heterocycles. The fourth-order valence-electron chi connectivity index (χ4n) is 2.44. The normalized spacial score (nSPS) is 17.3. The Morgan fingerprint density at radius 2 is 1.96 bits per heavy atom. The van der Waals surface area contributed by atoms with Crippen LogP contribution < -0.4 is 0 Å². The average Bonchev–Trinajstić information content (AvgIpc) is 2.86. The third kappa shape index (κ3) is 3.48. The number of carbonyl (C=O) groups excluding carboxylic acids is 1. The number of nitrogens with zero attached hydrogens (tertiary/aromatic N) is 2. The highest BCUT2D eigenvalue weighted by Crippen LogP contribution is 2.34. The van der Waals surface area contributed by atoms with Crippen LogP contribution in [0.15, 0.2) is 52.4 Å². The summed E-state index contributed by atoms with van der Waals surface area (Å²) in [5.74, 6) is -1.56. The number of hydrogen-bond donors (Lipinski definition) is 2. The van der Waals surface area contributed by atoms with Crippen molar-refractivity contribution in [3.8, 4) is 5.75 Å². The third-order valence-electron chi connectivity index (χ3n) is 3.91. The lowest BCUT2D eigenvalue weighted by molar-refractivity contribution is -0.121. The molecule has 0 atom stereocenters. The summed E-state index contributed by atoms with van der Waals surface area (Å²) in [5.41, 5.74) is 2.03. The Labute approximate surface area is 154 Å². The largest absolute Gasteiger partial charge is 0.508 e. The lowest BCUT2D eigenvalue weighted by Crippen LogP contribution is -2.23. The van der Waals surface area contributed by atoms with Gasteiger partial charge in [0, 0.05) is 7.05 Å². The lowest BCUT2D eigenvalue weighted by atomic mass is 10.1. The number of thioether (sulfide) groups is 1. The van der Waals surface area contributed by atoms with Crippen molar-refractivity contribution in [3.63, 3.8) is 0 Å². The third-order valence-corrected chi connectivity index (χ3v) is 4.97. The van der Waals surface area contributed by atoms with E-state index in [9.17, 15) is 19.8 Å². The van der Waals surface area contributed by atoms with Crippen LogP contribution in [0.1, 0.15) is 21.5 Å². The predicted octanol–water partition coefficient (Wildman–Crippen LogP) is 3.63. The highest BCUT2D eigenvalue weighted by Gasteiger charge is 2.30. The van der Waals surface area contributed by atoms with Gasteiger partial charge in [-0.15, -0.1) is 0 Å². The smallest absolute Gasteiger partial charge is 0.338 e. The molecule has 0 radical (unpaired) electrons. The molecule has 1 amide bonds. The number of carbonyl (C=O) groups is 2. The van der Waals surface area contributed by atoms with Gasteiger partial charge in [0.15, 0.2) is 5.17 Å². The zero-order valence-electron chi connectivity index (χ0n) is 14.1. The van der Waals surface area contributed by atoms with Gasteiger partial charge in [-0.2, -0.15) is 0 Å². The van der Waals surface area contributed by atoms with E-state index in [1.807, 2.05) is 31.2 Å². The Hall–Kier alpha value is -3.06. The molecule has 1 aliphatic heterocycles. The van der Waals surface area contributed by atoms with Crippen molar-refractivity contribution >= 4 is 40.6 Å². The summed E-state index contributed by atoms with van der Waals surface area (Å²) in [7, 11) is 1.59. The molecule has 0 spiro atoms. The number of amides is 1. The van der Waals surface area contributed by atoms with E-state index in [-0.39, 0.29) is 22.9 Å². The Balaban J connectivity index is 1.99. The number of phenolic OH excluding ortho intramolecular Hbond substituents is 1. The molecular formula is C19H16N2O4S. The summed E-state index contributed by atoms with van der Waals surface area (Å²) < 4.78 is 0. The highest BCUT2D eigenvalue weighted by atomic mass is 32.2. The number of aliphatic imine (C=N–C) groups is 1. The summed E-state index contributed by atoms with van der Waals surface area (Å²) in [5, 5.41) is 19.1. The zero-order chi connectivity index (χ0) is 18.8. The zero-order valence-corrected chi connectivity index (χ0v) is 14.9. The van der Waals surface area contributed by atoms with E-state index in [4.69, 9.17) is 0 Å². The van der Waals surface area contributed by atoms with Crippen molar-refractivity contribution in [3.05, 3.63) is 64.1 Å². The molecule has 7 heteroatoms. The van der Waals surface area contributed by atoms with Crippen LogP contribution in [0.4, 0.5) is 5.69 Å². The number of hydrogen-bond acceptors (Lipinski definition) is 5. The molecule has 1 heterocycles. The molecule has 0 aromatic heterocycles. The summed E-state index contributed by atoms with van der Waals surface area (Å²) in [6.45, 7) is 1.96. The Kier molecular flexibility index (Phi) is 4.81. The minimum atomic E-state index is -1.20. The number of rotatable bonds is 3. The van der Waals surface area contributed by atoms with Gasteiger partial charge in [0.05, 0.1) is 16.2 Å². The molecule has 2 aromatic rings. The van der Waals surface area contributed by atoms with Crippen LogP contribution in [0.5, 0.6) is 5.75 Å². The van der Waals surface area contributed by atoms with Gasteiger partial charge in [-0.25, -0.2) is 9.79 Å². The fraction of sp³-hybridized carbons (Fsp3) is 0.105. The van der Waals surface area contributed by atoms with Gasteiger partial charge < -0.3 is 10.2 Å². The van der Waals surface area contributed by atoms with Crippen molar-refractivity contribution in [1.29, 1.82) is 0 Å². The lowest BCUT2D eigenvalue weighted by Gasteiger charge is -2.08. The van der Waals surface area contributed by atoms with Crippen molar-refractivity contribution in [2.75, 3.05) is 7.05 Å². The molecular weight excluding hydrogens is 352 g/mol. The van der Waals surface area contributed by atoms with Crippen LogP contribution >= 0.6 is 11.8 Å². The summed E-state index contributed by atoms with van der Waals surface area (Å²) in [6.07, 6.45) is 1.80. The van der Waals surface area contributed by atoms with E-state index in [0.29, 0.717) is 10.1 Å². The first kappa shape index (κ1) is 17.8. The van der Waals surface area contributed by atoms with Crippen LogP contribution in [0.3, 0.4) is 0 Å². The maximum Gasteiger partial charge on any atom is 0.338 e. The van der Waals surface area contributed by atoms with E-state index in [1.165, 1.54) is 28.8 Å². The molecule has 26 heavy (non-hydrogen) atoms. The number of carboxylic acids is 1. The maximum absolute atomic E-state index is 12.5. The minimum absolute atomic E-state index is 0.129. The van der Waals surface area contributed by atoms with E-state index in [2.05, 4.69) is 4.99 Å². The molecule has 6 nitrogen and oxygen atoms in total. The van der Waals surface area contributed by atoms with Gasteiger partial charge in [0.25, 0.3) is 5.91 Å². The average molecular weight is 368 g/mol. The van der Waals surface area contributed by atoms with Crippen molar-refractivity contribution in [1.82, 2.24) is 4.90 Å². The number of benzene rings is 2. The molecule has 3 rings (SSSR count). The van der Waals surface area contributed by atoms with Crippen LogP contribution in [0.2, 0.25) is 0 Å². The topological polar surface area (TPSA) is 90.2 Å². The van der Waals surface area contributed by atoms with Crippen LogP contribution in [-0.2, 0) is 4.79 Å². The van der Waals surface area contributed by atoms with Crippen molar-refractivity contribution < 1.29 is 19.8 Å². The first-order valence-corrected chi connectivity index (χ1v) is 8.56. The Morgan fingerprint density at radius 3 is 2.65 bits per heavy atom. The van der Waals surface area contributed by atoms with Crippen molar-refractivity contribution in [2.45, 2.75) is 6.92 Å². The second kappa shape index (κ2) is 7.05. The molecule has 1 fully saturated rings. The molecule has 132 valence electrons. The van der Waals surface area contributed by atoms with Gasteiger partial charge in [-0.05, 0) is 54.1 Å². The monoisotopic (exact) mass is 368 g/mol. The number of amidine groups is 1. The predicted molar refractivity (Wildman–Crippen MR) is 102 cm³/mol. The summed E-state index contributed by atoms with van der Waals surface area (Å²) in [6, 6.07) is 11.6. The Bertz CT molecular complexity index is 966. The van der Waals surface area contributed by atoms with E-state index in [0.717, 1.165) is 17.2 Å². The van der Waals surface area contributed by atoms with Crippen LogP contribution in [0, 0.1) is 6.92 Å². The number of aromatic hydroxyl groups is 1. The van der Waals surface area contributed by atoms with Gasteiger partial charge in [-0.3, -0.25) is 9.69 Å². The van der Waals surface area contributed by atoms with E-state index in [1.54, 1.807) is 13.1 Å². The molecule has 0 saturated carbocycles. The molecule has 2 N–H and O–H groups in total. The van der Waals surface area contributed by atoms with Gasteiger partial charge in [-0.1, -0.05) is 24.3 Å². The molecule has 1 aliphatic rings. The van der Waals surface area contributed by atoms with Gasteiger partial charge >= 0.3 is 5.97 Å². The van der Waals surface area contributed by atoms with Gasteiger partial charge in [0.1, 0.15) is 5.75 Å². The number of phenols is 1. The SMILES string of the molecule is Cc1ccccc1/C=C1\SC(=Nc2ccc(O)cc2C(=O)O)N(C)C1=O. The second-order valence-electron chi connectivity index (χ2n) is 5.73. The highest BCUT2D eigenvalue weighted by molar-refractivity contribution is 8.18. The first-order chi connectivity index (χ1) is 12.4. The van der Waals surface area contributed by atoms with Gasteiger partial charge in [0.2, 0.25) is 0 Å². The summed E-state index contributed by atoms with van der Waals surface area (Å²) >= 11 is 1.18. The molecule has 0 aliphatic carbocycles. The summed E-state index contributed by atoms with van der Waals surface area (Å²) in [4.78, 5) is 30.1. The fourth-order valence-corrected chi connectivity index (χ4v) is 3.41. The maximum atomic E-state index is 12.5. The number of likely N-dealkylation sites (N-methyl/N-ethyl adjacent to an activating group) is 1. The Morgan fingerprint density at radius 1 is 1.23 bits per heavy atom. The van der Waals surface area contributed by atoms with E-state index < -0.39 is 5.97 Å². The minimum Gasteiger partial charge on any atom is -0.508 e. The van der Waals surface area contributed by atoms with E-state index >= 15 is 0 Å². The second-order valence-corrected chi connectivity index (χ2v) is 6.74. The number of aryl methyl sites for hydroxylation is 1. The number of carboxylic acid groups (broad SMARTS) is 1. The standard InChI is InChI=1S/C19H16N2O4S/c1-11-5-3-4-6-12(11)9-16-17(23)21(2)19(26-16)20-15-8-7-13(22)10-14(15)18(24)25/h3-10,22H,1-2H3,(H,24,25)/b16-9-,20-19?. The molecule has 0 bridgehead atoms. The van der Waals surface area contributed by atoms with Crippen molar-refractivity contribution in [2.24, 2.45) is 4.99 Å².